The van der Waals surface area contributed by atoms with Crippen LogP contribution in [0.2, 0.25) is 10.6 Å². The second kappa shape index (κ2) is 41.4. The summed E-state index contributed by atoms with van der Waals surface area (Å²) in [7, 11) is 0. The fourth-order valence-electron chi connectivity index (χ4n) is 8.24. The Morgan fingerprint density at radius 2 is 0.967 bits per heavy atom. The van der Waals surface area contributed by atoms with E-state index >= 15 is 0 Å². The average molecular weight is 923 g/mol. The summed E-state index contributed by atoms with van der Waals surface area (Å²) in [5.74, 6) is -0.252. The van der Waals surface area contributed by atoms with Gasteiger partial charge in [0.2, 0.25) is 5.91 Å². The Labute approximate surface area is 374 Å². The first-order valence-corrected chi connectivity index (χ1v) is 27.8. The number of unbranched alkanes of at least 4 members (excludes halogenated alkanes) is 29. The molecule has 11 heteroatoms. The molecule has 1 aliphatic heterocycles. The summed E-state index contributed by atoms with van der Waals surface area (Å²) in [6, 6.07) is -0.984. The molecule has 0 saturated carbocycles. The molecular formula is C49H97NO9Se. The van der Waals surface area contributed by atoms with Crippen LogP contribution in [0.5, 0.6) is 0 Å². The maximum absolute atomic E-state index is 13.0. The zero-order valence-electron chi connectivity index (χ0n) is 38.8. The van der Waals surface area contributed by atoms with Gasteiger partial charge in [0.1, 0.15) is 30.5 Å². The van der Waals surface area contributed by atoms with Crippen molar-refractivity contribution in [2.24, 2.45) is 0 Å². The van der Waals surface area contributed by atoms with E-state index in [1.807, 2.05) is 0 Å². The number of ether oxygens (including phenoxy) is 2. The molecule has 0 bridgehead atoms. The number of aliphatic hydroxyl groups is 6. The molecule has 1 fully saturated rings. The molecule has 0 spiro atoms. The second-order valence-electron chi connectivity index (χ2n) is 18.0. The van der Waals surface area contributed by atoms with E-state index in [1.165, 1.54) is 178 Å². The van der Waals surface area contributed by atoms with E-state index in [2.05, 4.69) is 19.2 Å². The summed E-state index contributed by atoms with van der Waals surface area (Å²) >= 11 is 0.879. The second-order valence-corrected chi connectivity index (χ2v) is 20.6. The Hall–Kier alpha value is -0.331. The van der Waals surface area contributed by atoms with Crippen LogP contribution in [0, 0.1) is 0 Å². The van der Waals surface area contributed by atoms with Gasteiger partial charge in [-0.25, -0.2) is 0 Å². The fraction of sp³-hybridized carbons (Fsp3) is 0.980. The van der Waals surface area contributed by atoms with Gasteiger partial charge in [-0.2, -0.15) is 0 Å². The quantitative estimate of drug-likeness (QED) is 0.0232. The van der Waals surface area contributed by atoms with Crippen molar-refractivity contribution in [3.8, 4) is 0 Å². The number of carbonyl (C=O) groups is 1. The molecule has 0 unspecified atom stereocenters. The summed E-state index contributed by atoms with van der Waals surface area (Å²) in [6.45, 7) is 3.63. The molecule has 1 amide bonds. The normalized spacial score (nSPS) is 21.0. The summed E-state index contributed by atoms with van der Waals surface area (Å²) in [4.78, 5) is 13.0. The maximum atomic E-state index is 13.0. The van der Waals surface area contributed by atoms with Crippen LogP contribution in [0.25, 0.3) is 0 Å². The number of rotatable bonds is 44. The molecule has 1 heterocycles. The van der Waals surface area contributed by atoms with Gasteiger partial charge in [0.15, 0.2) is 6.29 Å². The first-order valence-electron chi connectivity index (χ1n) is 25.4. The minimum atomic E-state index is -1.60. The molecule has 358 valence electrons. The summed E-state index contributed by atoms with van der Waals surface area (Å²) < 4.78 is 11.2. The molecule has 10 nitrogen and oxygen atoms in total. The zero-order valence-corrected chi connectivity index (χ0v) is 40.5. The molecule has 60 heavy (non-hydrogen) atoms. The number of aliphatic hydroxyl groups excluding tert-OH is 6. The van der Waals surface area contributed by atoms with E-state index < -0.39 is 55.6 Å². The van der Waals surface area contributed by atoms with Gasteiger partial charge in [0.25, 0.3) is 0 Å². The van der Waals surface area contributed by atoms with Gasteiger partial charge in [-0.05, 0) is 12.8 Å². The van der Waals surface area contributed by atoms with Crippen molar-refractivity contribution in [2.45, 2.75) is 292 Å². The van der Waals surface area contributed by atoms with Crippen molar-refractivity contribution < 1.29 is 44.9 Å². The van der Waals surface area contributed by atoms with Crippen molar-refractivity contribution in [2.75, 3.05) is 13.2 Å². The van der Waals surface area contributed by atoms with Gasteiger partial charge >= 0.3 is 142 Å². The van der Waals surface area contributed by atoms with Crippen LogP contribution in [0.15, 0.2) is 0 Å². The molecule has 7 N–H and O–H groups in total. The van der Waals surface area contributed by atoms with Crippen LogP contribution in [0.4, 0.5) is 0 Å². The van der Waals surface area contributed by atoms with E-state index in [1.54, 1.807) is 0 Å². The van der Waals surface area contributed by atoms with Crippen LogP contribution in [-0.2, 0) is 14.3 Å². The molecule has 8 atom stereocenters. The third-order valence-electron chi connectivity index (χ3n) is 12.4. The first-order chi connectivity index (χ1) is 29.3. The third-order valence-corrected chi connectivity index (χ3v) is 14.8. The van der Waals surface area contributed by atoms with E-state index in [-0.39, 0.29) is 18.9 Å². The number of nitrogens with one attached hydrogen (secondary N) is 1. The van der Waals surface area contributed by atoms with Gasteiger partial charge < -0.3 is 45.4 Å². The van der Waals surface area contributed by atoms with E-state index in [0.29, 0.717) is 6.42 Å². The van der Waals surface area contributed by atoms with E-state index in [0.717, 1.165) is 53.5 Å². The van der Waals surface area contributed by atoms with E-state index in [9.17, 15) is 35.4 Å². The molecule has 0 aliphatic carbocycles. The third kappa shape index (κ3) is 30.7. The van der Waals surface area contributed by atoms with Crippen molar-refractivity contribution in [3.63, 3.8) is 0 Å². The number of hydrogen-bond acceptors (Lipinski definition) is 9. The van der Waals surface area contributed by atoms with Crippen LogP contribution in [-0.4, -0.2) is 114 Å². The minimum absolute atomic E-state index is 0.252. The van der Waals surface area contributed by atoms with Gasteiger partial charge in [0.05, 0.1) is 25.4 Å². The van der Waals surface area contributed by atoms with Crippen LogP contribution >= 0.6 is 0 Å². The van der Waals surface area contributed by atoms with Gasteiger partial charge in [-0.3, -0.25) is 4.79 Å². The average Bonchev–Trinajstić information content (AvgIpc) is 3.25. The monoisotopic (exact) mass is 924 g/mol. The van der Waals surface area contributed by atoms with E-state index in [4.69, 9.17) is 9.47 Å². The first kappa shape index (κ1) is 57.7. The Balaban J connectivity index is 2.26. The van der Waals surface area contributed by atoms with Crippen molar-refractivity contribution in [3.05, 3.63) is 0 Å². The molecule has 1 rings (SSSR count). The molecule has 1 saturated heterocycles. The Kier molecular flexibility index (Phi) is 39.8. The summed E-state index contributed by atoms with van der Waals surface area (Å²) in [5, 5.41) is 68.2. The van der Waals surface area contributed by atoms with Crippen LogP contribution < -0.4 is 5.32 Å². The van der Waals surface area contributed by atoms with Crippen LogP contribution in [0.3, 0.4) is 0 Å². The van der Waals surface area contributed by atoms with Crippen molar-refractivity contribution in [1.82, 2.24) is 5.32 Å². The molecule has 0 aromatic rings. The fourth-order valence-corrected chi connectivity index (χ4v) is 10.4. The molecule has 0 radical (unpaired) electrons. The zero-order chi connectivity index (χ0) is 43.9. The Bertz CT molecular complexity index is 933. The predicted molar refractivity (Wildman–Crippen MR) is 247 cm³/mol. The molecule has 1 aliphatic rings. The molecule has 0 aromatic heterocycles. The van der Waals surface area contributed by atoms with Gasteiger partial charge in [0, 0.05) is 6.42 Å². The number of amides is 1. The predicted octanol–water partition coefficient (Wildman–Crippen LogP) is 9.85. The van der Waals surface area contributed by atoms with Crippen LogP contribution in [0.1, 0.15) is 232 Å². The Morgan fingerprint density at radius 1 is 0.567 bits per heavy atom. The van der Waals surface area contributed by atoms with Crippen molar-refractivity contribution in [1.29, 1.82) is 0 Å². The standard InChI is InChI=1S/C49H97NO9Se/c1-3-5-7-9-11-12-13-18-21-24-27-31-35-42(52)45(54)41(40-58-49-48(57)47(56)46(55)43(39-51)59-49)50-44(53)36-32-28-25-22-19-16-14-15-17-20-23-26-30-34-38-60-37-33-29-10-8-6-4-2/h41-43,45-49,51-52,54-57H,3-40H2,1-2H3,(H,50,53)/t41-,42+,43+,45-,46-,47-,48+,49-/m0/s1. The summed E-state index contributed by atoms with van der Waals surface area (Å²) in [6.07, 6.45) is 31.4. The topological polar surface area (TPSA) is 169 Å². The molecule has 0 aromatic carbocycles. The van der Waals surface area contributed by atoms with Gasteiger partial charge in [-0.1, -0.05) is 96.8 Å². The Morgan fingerprint density at radius 3 is 1.40 bits per heavy atom. The summed E-state index contributed by atoms with van der Waals surface area (Å²) in [5.41, 5.74) is 0. The van der Waals surface area contributed by atoms with Gasteiger partial charge in [-0.15, -0.1) is 0 Å². The van der Waals surface area contributed by atoms with Crippen molar-refractivity contribution >= 4 is 20.9 Å². The number of hydrogen-bond donors (Lipinski definition) is 7. The molecular weight excluding hydrogens is 825 g/mol. The number of carbonyl (C=O) groups excluding carboxylic acids is 1. The SMILES string of the molecule is CCCCCCCCCCCCCC[C@@H](O)[C@@H](O)[C@H](CO[C@H]1O[C@H](CO)[C@H](O)[C@H](O)[C@H]1O)NC(=O)CCCCCCCCCCCCCCCC[Se]CCCCCCCC.